The first kappa shape index (κ1) is 14.1. The van der Waals surface area contributed by atoms with E-state index >= 15 is 0 Å². The maximum atomic E-state index is 13.1. The molecule has 0 radical (unpaired) electrons. The largest absolute Gasteiger partial charge is 0.380 e. The van der Waals surface area contributed by atoms with E-state index in [1.165, 1.54) is 12.1 Å². The molecule has 5 heteroatoms. The van der Waals surface area contributed by atoms with Crippen LogP contribution < -0.4 is 5.32 Å². The molecule has 0 fully saturated rings. The first-order valence-electron chi connectivity index (χ1n) is 5.74. The maximum Gasteiger partial charge on any atom is 0.251 e. The van der Waals surface area contributed by atoms with Gasteiger partial charge in [0.25, 0.3) is 5.91 Å². The van der Waals surface area contributed by atoms with E-state index in [0.717, 1.165) is 12.5 Å². The van der Waals surface area contributed by atoms with E-state index in [2.05, 4.69) is 5.32 Å². The lowest BCUT2D eigenvalue weighted by Crippen LogP contribution is -2.27. The Morgan fingerprint density at radius 1 is 1.50 bits per heavy atom. The first-order valence-corrected chi connectivity index (χ1v) is 5.74. The molecule has 0 saturated carbocycles. The predicted molar refractivity (Wildman–Crippen MR) is 64.6 cm³/mol. The van der Waals surface area contributed by atoms with Crippen LogP contribution in [-0.2, 0) is 4.74 Å². The number of nitrogens with zero attached hydrogens (tertiary/aromatic N) is 1. The van der Waals surface area contributed by atoms with Crippen LogP contribution >= 0.6 is 0 Å². The van der Waals surface area contributed by atoms with Crippen molar-refractivity contribution >= 4 is 5.91 Å². The molecule has 0 heterocycles. The minimum atomic E-state index is -0.625. The van der Waals surface area contributed by atoms with Crippen molar-refractivity contribution in [2.45, 2.75) is 13.3 Å². The summed E-state index contributed by atoms with van der Waals surface area (Å²) in [6, 6.07) is 5.39. The van der Waals surface area contributed by atoms with Crippen molar-refractivity contribution in [2.24, 2.45) is 0 Å². The summed E-state index contributed by atoms with van der Waals surface area (Å²) in [7, 11) is 0. The lowest BCUT2D eigenvalue weighted by molar-refractivity contribution is 0.0915. The molecule has 0 aliphatic rings. The number of carbonyl (C=O) groups excluding carboxylic acids is 1. The van der Waals surface area contributed by atoms with Gasteiger partial charge in [0, 0.05) is 18.7 Å². The third-order valence-electron chi connectivity index (χ3n) is 2.23. The molecule has 0 bridgehead atoms. The third kappa shape index (κ3) is 4.15. The van der Waals surface area contributed by atoms with Crippen LogP contribution in [0, 0.1) is 17.1 Å². The summed E-state index contributed by atoms with van der Waals surface area (Å²) in [6.45, 7) is 3.48. The predicted octanol–water partition coefficient (Wildman–Crippen LogP) is 1.85. The fourth-order valence-electron chi connectivity index (χ4n) is 1.34. The molecule has 1 rings (SSSR count). The number of amides is 1. The number of rotatable bonds is 6. The van der Waals surface area contributed by atoms with Gasteiger partial charge in [-0.2, -0.15) is 5.26 Å². The fourth-order valence-corrected chi connectivity index (χ4v) is 1.34. The quantitative estimate of drug-likeness (QED) is 0.783. The molecule has 1 amide bonds. The molecule has 0 unspecified atom stereocenters. The molecule has 1 aromatic carbocycles. The van der Waals surface area contributed by atoms with E-state index in [0.29, 0.717) is 19.8 Å². The van der Waals surface area contributed by atoms with Crippen molar-refractivity contribution in [2.75, 3.05) is 19.8 Å². The van der Waals surface area contributed by atoms with E-state index in [1.807, 2.05) is 6.92 Å². The summed E-state index contributed by atoms with van der Waals surface area (Å²) in [5, 5.41) is 11.3. The van der Waals surface area contributed by atoms with Crippen LogP contribution in [-0.4, -0.2) is 25.7 Å². The van der Waals surface area contributed by atoms with Crippen LogP contribution in [0.1, 0.15) is 29.3 Å². The van der Waals surface area contributed by atoms with E-state index in [9.17, 15) is 9.18 Å². The second-order valence-electron chi connectivity index (χ2n) is 3.67. The molecule has 0 spiro atoms. The minimum Gasteiger partial charge on any atom is -0.380 e. The highest BCUT2D eigenvalue weighted by atomic mass is 18.2. The first-order chi connectivity index (χ1) is 8.69. The molecule has 0 atom stereocenters. The molecule has 4 nitrogen and oxygen atoms in total. The SMILES string of the molecule is CCCOCCNC(=O)c1ccc([18F])c(C#N)c1. The van der Waals surface area contributed by atoms with Crippen LogP contribution in [0.3, 0.4) is 0 Å². The van der Waals surface area contributed by atoms with Gasteiger partial charge in [-0.1, -0.05) is 6.92 Å². The topological polar surface area (TPSA) is 62.1 Å². The van der Waals surface area contributed by atoms with Crippen LogP contribution in [0.2, 0.25) is 0 Å². The summed E-state index contributed by atoms with van der Waals surface area (Å²) in [4.78, 5) is 11.7. The monoisotopic (exact) mass is 249 g/mol. The van der Waals surface area contributed by atoms with Gasteiger partial charge in [-0.25, -0.2) is 4.39 Å². The van der Waals surface area contributed by atoms with Gasteiger partial charge in [-0.15, -0.1) is 0 Å². The van der Waals surface area contributed by atoms with Gasteiger partial charge in [0.1, 0.15) is 11.9 Å². The number of hydrogen-bond acceptors (Lipinski definition) is 3. The minimum absolute atomic E-state index is 0.134. The van der Waals surface area contributed by atoms with E-state index in [1.54, 1.807) is 6.07 Å². The molecule has 18 heavy (non-hydrogen) atoms. The molecule has 1 aromatic rings. The fraction of sp³-hybridized carbons (Fsp3) is 0.385. The molecular formula is C13H15FN2O2. The normalized spacial score (nSPS) is 9.83. The lowest BCUT2D eigenvalue weighted by atomic mass is 10.1. The van der Waals surface area contributed by atoms with Gasteiger partial charge < -0.3 is 10.1 Å². The van der Waals surface area contributed by atoms with Crippen molar-refractivity contribution in [3.63, 3.8) is 0 Å². The summed E-state index contributed by atoms with van der Waals surface area (Å²) in [5.41, 5.74) is 0.133. The Morgan fingerprint density at radius 3 is 2.94 bits per heavy atom. The number of carbonyl (C=O) groups is 1. The Morgan fingerprint density at radius 2 is 2.28 bits per heavy atom. The maximum absolute atomic E-state index is 13.1. The zero-order valence-corrected chi connectivity index (χ0v) is 10.2. The van der Waals surface area contributed by atoms with E-state index in [4.69, 9.17) is 10.00 Å². The number of nitrogens with one attached hydrogen (secondary N) is 1. The van der Waals surface area contributed by atoms with Crippen molar-refractivity contribution < 1.29 is 13.9 Å². The lowest BCUT2D eigenvalue weighted by Gasteiger charge is -2.06. The smallest absolute Gasteiger partial charge is 0.251 e. The van der Waals surface area contributed by atoms with Crippen LogP contribution in [0.15, 0.2) is 18.2 Å². The van der Waals surface area contributed by atoms with Gasteiger partial charge in [0.05, 0.1) is 12.2 Å². The number of benzene rings is 1. The standard InChI is InChI=1S/C13H15FN2O2/c1-2-6-18-7-5-16-13(17)10-3-4-12(14)11(8-10)9-15/h3-4,8H,2,5-7H2,1H3,(H,16,17)/i14-1. The molecule has 0 aliphatic carbocycles. The van der Waals surface area contributed by atoms with Crippen molar-refractivity contribution in [3.8, 4) is 6.07 Å². The molecule has 0 aliphatic heterocycles. The summed E-state index contributed by atoms with van der Waals surface area (Å²) in [6.07, 6.45) is 0.928. The van der Waals surface area contributed by atoms with Crippen molar-refractivity contribution in [1.29, 1.82) is 5.26 Å². The number of nitriles is 1. The van der Waals surface area contributed by atoms with Gasteiger partial charge in [-0.05, 0) is 24.6 Å². The number of hydrogen-bond donors (Lipinski definition) is 1. The Kier molecular flexibility index (Phi) is 5.81. The Balaban J connectivity index is 2.49. The molecule has 1 N–H and O–H groups in total. The van der Waals surface area contributed by atoms with Crippen LogP contribution in [0.25, 0.3) is 0 Å². The zero-order chi connectivity index (χ0) is 13.4. The second-order valence-corrected chi connectivity index (χ2v) is 3.67. The van der Waals surface area contributed by atoms with Gasteiger partial charge in [0.15, 0.2) is 0 Å². The van der Waals surface area contributed by atoms with Crippen molar-refractivity contribution in [1.82, 2.24) is 5.32 Å². The molecule has 0 aromatic heterocycles. The highest BCUT2D eigenvalue weighted by Crippen LogP contribution is 2.09. The molecular weight excluding hydrogens is 234 g/mol. The van der Waals surface area contributed by atoms with Gasteiger partial charge in [0.2, 0.25) is 0 Å². The number of ether oxygens (including phenoxy) is 1. The Hall–Kier alpha value is -1.93. The third-order valence-corrected chi connectivity index (χ3v) is 2.23. The highest BCUT2D eigenvalue weighted by molar-refractivity contribution is 5.94. The summed E-state index contributed by atoms with van der Waals surface area (Å²) < 4.78 is 18.3. The van der Waals surface area contributed by atoms with Crippen molar-refractivity contribution in [3.05, 3.63) is 35.1 Å². The summed E-state index contributed by atoms with van der Waals surface area (Å²) >= 11 is 0. The zero-order valence-electron chi connectivity index (χ0n) is 10.2. The van der Waals surface area contributed by atoms with E-state index in [-0.39, 0.29) is 17.0 Å². The average Bonchev–Trinajstić information content (AvgIpc) is 2.38. The Labute approximate surface area is 105 Å². The van der Waals surface area contributed by atoms with Gasteiger partial charge >= 0.3 is 0 Å². The summed E-state index contributed by atoms with van der Waals surface area (Å²) in [5.74, 6) is -0.966. The number of halogens is 1. The van der Waals surface area contributed by atoms with Gasteiger partial charge in [-0.3, -0.25) is 4.79 Å². The molecule has 96 valence electrons. The Bertz CT molecular complexity index is 455. The highest BCUT2D eigenvalue weighted by Gasteiger charge is 2.08. The average molecular weight is 249 g/mol. The molecule has 0 saturated heterocycles. The van der Waals surface area contributed by atoms with E-state index < -0.39 is 5.82 Å². The van der Waals surface area contributed by atoms with Crippen LogP contribution in [0.5, 0.6) is 0 Å². The second kappa shape index (κ2) is 7.41. The van der Waals surface area contributed by atoms with Crippen LogP contribution in [0.4, 0.5) is 4.39 Å².